The number of anilines is 2. The predicted molar refractivity (Wildman–Crippen MR) is 82.2 cm³/mol. The Hall–Kier alpha value is -1.47. The van der Waals surface area contributed by atoms with Gasteiger partial charge >= 0.3 is 6.09 Å². The van der Waals surface area contributed by atoms with E-state index in [1.807, 2.05) is 11.8 Å². The van der Waals surface area contributed by atoms with Gasteiger partial charge in [-0.25, -0.2) is 9.18 Å². The maximum atomic E-state index is 14.4. The summed E-state index contributed by atoms with van der Waals surface area (Å²) in [6.45, 7) is 3.77. The first-order chi connectivity index (χ1) is 10.5. The molecule has 0 aromatic heterocycles. The molecule has 5 nitrogen and oxygen atoms in total. The van der Waals surface area contributed by atoms with Gasteiger partial charge in [-0.3, -0.25) is 4.90 Å². The summed E-state index contributed by atoms with van der Waals surface area (Å²) in [7, 11) is 0. The number of amides is 1. The summed E-state index contributed by atoms with van der Waals surface area (Å²) < 4.78 is 30.7. The zero-order chi connectivity index (χ0) is 15.5. The van der Waals surface area contributed by atoms with Crippen LogP contribution >= 0.6 is 0 Å². The van der Waals surface area contributed by atoms with E-state index in [4.69, 9.17) is 4.74 Å². The second-order valence-electron chi connectivity index (χ2n) is 6.53. The minimum atomic E-state index is -0.678. The smallest absolute Gasteiger partial charge is 0.414 e. The molecule has 3 aliphatic heterocycles. The summed E-state index contributed by atoms with van der Waals surface area (Å²) in [6, 6.07) is 4.85. The maximum Gasteiger partial charge on any atom is 0.414 e. The van der Waals surface area contributed by atoms with Crippen molar-refractivity contribution in [3.8, 4) is 0 Å². The number of benzene rings is 1. The molecule has 0 radical (unpaired) electrons. The van der Waals surface area contributed by atoms with Crippen molar-refractivity contribution in [3.05, 3.63) is 24.0 Å². The van der Waals surface area contributed by atoms with Crippen LogP contribution in [0, 0.1) is 11.2 Å². The molecule has 0 unspecified atom stereocenters. The van der Waals surface area contributed by atoms with E-state index in [1.54, 1.807) is 12.1 Å². The number of carbonyl (C=O) groups excluding carboxylic acids is 1. The summed E-state index contributed by atoms with van der Waals surface area (Å²) in [5, 5.41) is 0. The van der Waals surface area contributed by atoms with Crippen LogP contribution in [0.1, 0.15) is 6.92 Å². The molecule has 0 aliphatic carbocycles. The number of cyclic esters (lactones) is 1. The van der Waals surface area contributed by atoms with Crippen LogP contribution in [-0.4, -0.2) is 47.9 Å². The van der Waals surface area contributed by atoms with Gasteiger partial charge < -0.3 is 14.2 Å². The Labute approximate surface area is 131 Å². The van der Waals surface area contributed by atoms with Crippen LogP contribution in [0.3, 0.4) is 0 Å². The fourth-order valence-corrected chi connectivity index (χ4v) is 5.14. The molecule has 3 aliphatic rings. The lowest BCUT2D eigenvalue weighted by atomic mass is 9.82. The number of ether oxygens (including phenoxy) is 1. The van der Waals surface area contributed by atoms with Crippen molar-refractivity contribution >= 4 is 28.6 Å². The van der Waals surface area contributed by atoms with E-state index in [1.165, 1.54) is 11.0 Å². The molecule has 3 heterocycles. The molecule has 0 saturated carbocycles. The van der Waals surface area contributed by atoms with Crippen molar-refractivity contribution in [1.82, 2.24) is 0 Å². The van der Waals surface area contributed by atoms with Crippen molar-refractivity contribution in [2.45, 2.75) is 13.0 Å². The first-order valence-corrected chi connectivity index (χ1v) is 8.82. The topological polar surface area (TPSA) is 55.8 Å². The van der Waals surface area contributed by atoms with Gasteiger partial charge in [0.2, 0.25) is 0 Å². The first-order valence-electron chi connectivity index (χ1n) is 7.33. The molecule has 3 saturated heterocycles. The minimum Gasteiger partial charge on any atom is -0.616 e. The molecule has 7 heteroatoms. The van der Waals surface area contributed by atoms with Gasteiger partial charge in [-0.05, 0) is 25.1 Å². The predicted octanol–water partition coefficient (Wildman–Crippen LogP) is 1.74. The molecule has 4 rings (SSSR count). The number of carbonyl (C=O) groups is 1. The average Bonchev–Trinajstić information content (AvgIpc) is 2.72. The lowest BCUT2D eigenvalue weighted by molar-refractivity contribution is 0.150. The number of hydrogen-bond donors (Lipinski definition) is 0. The van der Waals surface area contributed by atoms with Gasteiger partial charge in [0.1, 0.15) is 23.4 Å². The maximum absolute atomic E-state index is 14.4. The van der Waals surface area contributed by atoms with Gasteiger partial charge in [0.05, 0.1) is 23.3 Å². The quantitative estimate of drug-likeness (QED) is 0.778. The average molecular weight is 324 g/mol. The van der Waals surface area contributed by atoms with Gasteiger partial charge in [0.15, 0.2) is 0 Å². The van der Waals surface area contributed by atoms with E-state index in [0.29, 0.717) is 17.9 Å². The van der Waals surface area contributed by atoms with E-state index in [0.717, 1.165) is 24.6 Å². The van der Waals surface area contributed by atoms with Crippen LogP contribution in [-0.2, 0) is 15.9 Å². The van der Waals surface area contributed by atoms with Crippen molar-refractivity contribution in [1.29, 1.82) is 0 Å². The van der Waals surface area contributed by atoms with E-state index in [9.17, 15) is 13.7 Å². The zero-order valence-electron chi connectivity index (χ0n) is 12.3. The van der Waals surface area contributed by atoms with Gasteiger partial charge in [0, 0.05) is 13.1 Å². The monoisotopic (exact) mass is 324 g/mol. The molecule has 1 aromatic carbocycles. The molecule has 22 heavy (non-hydrogen) atoms. The Balaban J connectivity index is 1.48. The van der Waals surface area contributed by atoms with Crippen LogP contribution in [0.25, 0.3) is 0 Å². The lowest BCUT2D eigenvalue weighted by Gasteiger charge is -2.55. The molecular formula is C15H17FN2O3S. The molecule has 3 fully saturated rings. The number of nitrogens with zero attached hydrogens (tertiary/aromatic N) is 2. The van der Waals surface area contributed by atoms with Crippen LogP contribution in [0.15, 0.2) is 18.2 Å². The number of halogens is 1. The van der Waals surface area contributed by atoms with Gasteiger partial charge in [-0.1, -0.05) is 11.2 Å². The van der Waals surface area contributed by atoms with Crippen LogP contribution in [0.5, 0.6) is 0 Å². The minimum absolute atomic E-state index is 0.143. The fourth-order valence-electron chi connectivity index (χ4n) is 3.49. The normalized spacial score (nSPS) is 26.9. The van der Waals surface area contributed by atoms with Crippen LogP contribution < -0.4 is 9.80 Å². The Morgan fingerprint density at radius 3 is 2.68 bits per heavy atom. The standard InChI is InChI=1S/C15H17FN2O3S/c1-10-5-18(14(19)21-10)11-2-3-13(12(16)4-11)17-6-15(7-17)8-22(20)9-15/h2-4,10H,5-9H2,1H3/t10-/m0/s1. The summed E-state index contributed by atoms with van der Waals surface area (Å²) >= 11 is -0.678. The molecular weight excluding hydrogens is 307 g/mol. The highest BCUT2D eigenvalue weighted by molar-refractivity contribution is 7.92. The third kappa shape index (κ3) is 2.14. The van der Waals surface area contributed by atoms with Crippen LogP contribution in [0.2, 0.25) is 0 Å². The summed E-state index contributed by atoms with van der Waals surface area (Å²) in [6.07, 6.45) is -0.607. The van der Waals surface area contributed by atoms with E-state index in [2.05, 4.69) is 0 Å². The summed E-state index contributed by atoms with van der Waals surface area (Å²) in [4.78, 5) is 15.1. The van der Waals surface area contributed by atoms with Gasteiger partial charge in [0.25, 0.3) is 0 Å². The Morgan fingerprint density at radius 2 is 2.14 bits per heavy atom. The third-order valence-corrected chi connectivity index (χ3v) is 6.40. The molecule has 118 valence electrons. The first kappa shape index (κ1) is 14.1. The highest BCUT2D eigenvalue weighted by Crippen LogP contribution is 2.44. The van der Waals surface area contributed by atoms with Crippen molar-refractivity contribution in [3.63, 3.8) is 0 Å². The Morgan fingerprint density at radius 1 is 1.41 bits per heavy atom. The Kier molecular flexibility index (Phi) is 3.06. The van der Waals surface area contributed by atoms with E-state index in [-0.39, 0.29) is 17.3 Å². The molecule has 1 spiro atoms. The van der Waals surface area contributed by atoms with Gasteiger partial charge in [-0.2, -0.15) is 0 Å². The SMILES string of the molecule is C[C@H]1CN(c2ccc(N3CC4(C3)C[S+]([O-])C4)c(F)c2)C(=O)O1. The third-order valence-electron chi connectivity index (χ3n) is 4.53. The molecule has 1 amide bonds. The largest absolute Gasteiger partial charge is 0.616 e. The van der Waals surface area contributed by atoms with E-state index >= 15 is 0 Å². The summed E-state index contributed by atoms with van der Waals surface area (Å²) in [5.41, 5.74) is 1.22. The van der Waals surface area contributed by atoms with Crippen molar-refractivity contribution in [2.24, 2.45) is 5.41 Å². The number of hydrogen-bond acceptors (Lipinski definition) is 4. The highest BCUT2D eigenvalue weighted by Gasteiger charge is 2.57. The zero-order valence-corrected chi connectivity index (χ0v) is 13.1. The number of rotatable bonds is 2. The molecule has 1 aromatic rings. The fraction of sp³-hybridized carbons (Fsp3) is 0.533. The molecule has 0 N–H and O–H groups in total. The molecule has 1 atom stereocenters. The second-order valence-corrected chi connectivity index (χ2v) is 7.98. The van der Waals surface area contributed by atoms with Crippen molar-refractivity contribution < 1.29 is 18.5 Å². The van der Waals surface area contributed by atoms with Crippen molar-refractivity contribution in [2.75, 3.05) is 40.9 Å². The molecule has 0 bridgehead atoms. The van der Waals surface area contributed by atoms with Crippen LogP contribution in [0.4, 0.5) is 20.6 Å². The Bertz CT molecular complexity index is 627. The highest BCUT2D eigenvalue weighted by atomic mass is 32.2. The van der Waals surface area contributed by atoms with Gasteiger partial charge in [-0.15, -0.1) is 0 Å². The summed E-state index contributed by atoms with van der Waals surface area (Å²) in [5.74, 6) is 1.14. The lowest BCUT2D eigenvalue weighted by Crippen LogP contribution is -2.68. The second kappa shape index (κ2) is 4.76. The van der Waals surface area contributed by atoms with E-state index < -0.39 is 17.3 Å².